The van der Waals surface area contributed by atoms with Gasteiger partial charge in [-0.1, -0.05) is 50.0 Å². The lowest BCUT2D eigenvalue weighted by Crippen LogP contribution is -2.17. The molecule has 0 aliphatic heterocycles. The van der Waals surface area contributed by atoms with Crippen molar-refractivity contribution in [1.82, 2.24) is 0 Å². The van der Waals surface area contributed by atoms with Crippen LogP contribution < -0.4 is 5.32 Å². The summed E-state index contributed by atoms with van der Waals surface area (Å²) in [6, 6.07) is 5.22. The molecule has 1 N–H and O–H groups in total. The van der Waals surface area contributed by atoms with Crippen LogP contribution in [0.5, 0.6) is 0 Å². The highest BCUT2D eigenvalue weighted by atomic mass is 35.5. The molecule has 0 spiro atoms. The van der Waals surface area contributed by atoms with Gasteiger partial charge in [-0.25, -0.2) is 0 Å². The van der Waals surface area contributed by atoms with Crippen LogP contribution in [0.2, 0.25) is 10.0 Å². The predicted molar refractivity (Wildman–Crippen MR) is 91.0 cm³/mol. The third-order valence-electron chi connectivity index (χ3n) is 3.28. The van der Waals surface area contributed by atoms with Crippen molar-refractivity contribution in [1.29, 1.82) is 0 Å². The third kappa shape index (κ3) is 4.28. The fraction of sp³-hybridized carbons (Fsp3) is 0.353. The summed E-state index contributed by atoms with van der Waals surface area (Å²) in [6.45, 7) is 5.69. The zero-order chi connectivity index (χ0) is 16.3. The highest BCUT2D eigenvalue weighted by molar-refractivity contribution is 6.36. The van der Waals surface area contributed by atoms with Crippen molar-refractivity contribution in [3.05, 3.63) is 51.9 Å². The van der Waals surface area contributed by atoms with E-state index < -0.39 is 0 Å². The monoisotopic (exact) mass is 339 g/mol. The van der Waals surface area contributed by atoms with Crippen molar-refractivity contribution >= 4 is 34.9 Å². The average molecular weight is 340 g/mol. The van der Waals surface area contributed by atoms with Crippen LogP contribution in [0.15, 0.2) is 41.8 Å². The van der Waals surface area contributed by atoms with Gasteiger partial charge in [-0.05, 0) is 36.6 Å². The molecule has 0 aromatic heterocycles. The van der Waals surface area contributed by atoms with E-state index in [0.29, 0.717) is 21.7 Å². The Labute approximate surface area is 140 Å². The van der Waals surface area contributed by atoms with Gasteiger partial charge >= 0.3 is 5.97 Å². The van der Waals surface area contributed by atoms with Crippen molar-refractivity contribution in [2.24, 2.45) is 11.8 Å². The molecule has 1 aliphatic carbocycles. The Morgan fingerprint density at radius 3 is 2.73 bits per heavy atom. The zero-order valence-corrected chi connectivity index (χ0v) is 14.3. The van der Waals surface area contributed by atoms with Crippen LogP contribution in [-0.2, 0) is 9.53 Å². The zero-order valence-electron chi connectivity index (χ0n) is 12.8. The fourth-order valence-corrected chi connectivity index (χ4v) is 2.44. The number of halogens is 2. The summed E-state index contributed by atoms with van der Waals surface area (Å²) in [5.74, 6) is 0.429. The first-order valence-electron chi connectivity index (χ1n) is 7.23. The second kappa shape index (κ2) is 7.21. The first kappa shape index (κ1) is 16.9. The number of anilines is 1. The topological polar surface area (TPSA) is 38.3 Å². The Kier molecular flexibility index (Phi) is 5.54. The molecule has 1 aromatic carbocycles. The molecule has 0 saturated heterocycles. The Balaban J connectivity index is 2.20. The lowest BCUT2D eigenvalue weighted by Gasteiger charge is -2.21. The van der Waals surface area contributed by atoms with Gasteiger partial charge in [0, 0.05) is 5.02 Å². The van der Waals surface area contributed by atoms with E-state index in [1.807, 2.05) is 26.0 Å². The molecule has 22 heavy (non-hydrogen) atoms. The highest BCUT2D eigenvalue weighted by Crippen LogP contribution is 2.30. The van der Waals surface area contributed by atoms with Crippen LogP contribution in [0.3, 0.4) is 0 Å². The molecule has 0 bridgehead atoms. The molecule has 118 valence electrons. The average Bonchev–Trinajstić information content (AvgIpc) is 2.44. The molecular formula is C17H19Cl2NO2. The summed E-state index contributed by atoms with van der Waals surface area (Å²) in [5, 5.41) is 4.30. The van der Waals surface area contributed by atoms with Gasteiger partial charge in [0.15, 0.2) is 0 Å². The highest BCUT2D eigenvalue weighted by Gasteiger charge is 2.20. The van der Waals surface area contributed by atoms with Gasteiger partial charge in [-0.2, -0.15) is 0 Å². The van der Waals surface area contributed by atoms with Crippen molar-refractivity contribution in [3.63, 3.8) is 0 Å². The van der Waals surface area contributed by atoms with Gasteiger partial charge in [0.05, 0.1) is 22.3 Å². The number of hydrogen-bond donors (Lipinski definition) is 1. The van der Waals surface area contributed by atoms with Crippen LogP contribution in [0.4, 0.5) is 5.69 Å². The van der Waals surface area contributed by atoms with Crippen molar-refractivity contribution in [2.75, 3.05) is 5.32 Å². The molecule has 1 aliphatic rings. The predicted octanol–water partition coefficient (Wildman–Crippen LogP) is 5.41. The Bertz CT molecular complexity index is 636. The first-order chi connectivity index (χ1) is 10.4. The maximum absolute atomic E-state index is 11.9. The number of carbonyl (C=O) groups excluding carboxylic acids is 1. The van der Waals surface area contributed by atoms with E-state index in [-0.39, 0.29) is 11.9 Å². The van der Waals surface area contributed by atoms with Crippen molar-refractivity contribution in [2.45, 2.75) is 27.2 Å². The third-order valence-corrected chi connectivity index (χ3v) is 3.83. The molecule has 1 atom stereocenters. The van der Waals surface area contributed by atoms with E-state index in [1.165, 1.54) is 0 Å². The summed E-state index contributed by atoms with van der Waals surface area (Å²) in [5.41, 5.74) is 1.47. The molecule has 0 heterocycles. The molecule has 0 radical (unpaired) electrons. The van der Waals surface area contributed by atoms with Gasteiger partial charge in [0.25, 0.3) is 0 Å². The van der Waals surface area contributed by atoms with Crippen LogP contribution >= 0.6 is 23.2 Å². The van der Waals surface area contributed by atoms with Crippen molar-refractivity contribution in [3.8, 4) is 0 Å². The van der Waals surface area contributed by atoms with Gasteiger partial charge in [0.2, 0.25) is 0 Å². The molecule has 1 unspecified atom stereocenters. The Morgan fingerprint density at radius 2 is 2.09 bits per heavy atom. The van der Waals surface area contributed by atoms with E-state index in [2.05, 4.69) is 12.2 Å². The molecule has 5 heteroatoms. The molecule has 1 aromatic rings. The van der Waals surface area contributed by atoms with Gasteiger partial charge in [-0.15, -0.1) is 0 Å². The fourth-order valence-electron chi connectivity index (χ4n) is 1.98. The van der Waals surface area contributed by atoms with Crippen molar-refractivity contribution < 1.29 is 9.53 Å². The van der Waals surface area contributed by atoms with Gasteiger partial charge < -0.3 is 10.1 Å². The number of hydrogen-bond acceptors (Lipinski definition) is 3. The molecule has 2 rings (SSSR count). The number of nitrogens with one attached hydrogen (secondary N) is 1. The minimum atomic E-state index is -0.254. The number of allylic oxidation sites excluding steroid dienone is 2. The summed E-state index contributed by atoms with van der Waals surface area (Å²) in [4.78, 5) is 11.9. The van der Waals surface area contributed by atoms with Crippen LogP contribution in [0, 0.1) is 11.8 Å². The Morgan fingerprint density at radius 1 is 1.36 bits per heavy atom. The van der Waals surface area contributed by atoms with E-state index in [0.717, 1.165) is 17.8 Å². The second-order valence-corrected chi connectivity index (χ2v) is 6.53. The van der Waals surface area contributed by atoms with E-state index >= 15 is 0 Å². The van der Waals surface area contributed by atoms with Gasteiger partial charge in [-0.3, -0.25) is 4.79 Å². The number of rotatable bonds is 4. The number of esters is 1. The van der Waals surface area contributed by atoms with E-state index in [9.17, 15) is 4.79 Å². The van der Waals surface area contributed by atoms with Crippen LogP contribution in [0.1, 0.15) is 27.2 Å². The molecule has 3 nitrogen and oxygen atoms in total. The smallest absolute Gasteiger partial charge is 0.313 e. The minimum Gasteiger partial charge on any atom is -0.424 e. The summed E-state index contributed by atoms with van der Waals surface area (Å²) < 4.78 is 5.49. The first-order valence-corrected chi connectivity index (χ1v) is 7.98. The largest absolute Gasteiger partial charge is 0.424 e. The summed E-state index contributed by atoms with van der Waals surface area (Å²) >= 11 is 12.1. The summed E-state index contributed by atoms with van der Waals surface area (Å²) in [6.07, 6.45) is 4.83. The van der Waals surface area contributed by atoms with E-state index in [1.54, 1.807) is 18.2 Å². The lowest BCUT2D eigenvalue weighted by molar-refractivity contribution is -0.142. The molecule has 0 amide bonds. The normalized spacial score (nSPS) is 17.8. The molecular weight excluding hydrogens is 321 g/mol. The molecule has 0 fully saturated rings. The number of benzene rings is 1. The SMILES string of the molecule is CC1C=C(OC(=O)C(C)C)C(Nc2ccc(Cl)cc2Cl)=CC1. The summed E-state index contributed by atoms with van der Waals surface area (Å²) in [7, 11) is 0. The maximum atomic E-state index is 11.9. The quantitative estimate of drug-likeness (QED) is 0.745. The van der Waals surface area contributed by atoms with Crippen LogP contribution in [0.25, 0.3) is 0 Å². The lowest BCUT2D eigenvalue weighted by atomic mass is 10.00. The van der Waals surface area contributed by atoms with Gasteiger partial charge in [0.1, 0.15) is 5.76 Å². The number of carbonyl (C=O) groups is 1. The Hall–Kier alpha value is -1.45. The molecule has 0 saturated carbocycles. The van der Waals surface area contributed by atoms with E-state index in [4.69, 9.17) is 27.9 Å². The van der Waals surface area contributed by atoms with Crippen LogP contribution in [-0.4, -0.2) is 5.97 Å². The standard InChI is InChI=1S/C17H19Cl2NO2/c1-10(2)17(21)22-16-8-11(3)4-6-15(16)20-14-7-5-12(18)9-13(14)19/h5-11,20H,4H2,1-3H3. The maximum Gasteiger partial charge on any atom is 0.313 e. The second-order valence-electron chi connectivity index (χ2n) is 5.69. The number of ether oxygens (including phenoxy) is 1. The minimum absolute atomic E-state index is 0.182.